The highest BCUT2D eigenvalue weighted by atomic mass is 16.5. The number of amides is 4. The second-order valence-corrected chi connectivity index (χ2v) is 6.70. The summed E-state index contributed by atoms with van der Waals surface area (Å²) in [6.45, 7) is 0.599. The van der Waals surface area contributed by atoms with Gasteiger partial charge in [0, 0.05) is 36.8 Å². The van der Waals surface area contributed by atoms with E-state index < -0.39 is 12.1 Å². The molecule has 2 aromatic rings. The maximum Gasteiger partial charge on any atom is 0.325 e. The fourth-order valence-corrected chi connectivity index (χ4v) is 3.17. The number of urea groups is 1. The van der Waals surface area contributed by atoms with Crippen LogP contribution in [0.5, 0.6) is 5.75 Å². The molecule has 3 rings (SSSR count). The van der Waals surface area contributed by atoms with Crippen LogP contribution >= 0.6 is 0 Å². The van der Waals surface area contributed by atoms with E-state index >= 15 is 0 Å². The molecule has 0 aliphatic carbocycles. The van der Waals surface area contributed by atoms with Crippen molar-refractivity contribution < 1.29 is 19.1 Å². The molecule has 1 aliphatic rings. The van der Waals surface area contributed by atoms with Gasteiger partial charge in [-0.25, -0.2) is 4.79 Å². The topological polar surface area (TPSA) is 101 Å². The summed E-state index contributed by atoms with van der Waals surface area (Å²) < 4.78 is 5.27. The molecule has 1 atom stereocenters. The second kappa shape index (κ2) is 9.68. The van der Waals surface area contributed by atoms with Crippen LogP contribution in [-0.2, 0) is 22.6 Å². The summed E-state index contributed by atoms with van der Waals surface area (Å²) in [6, 6.07) is 11.7. The van der Waals surface area contributed by atoms with Gasteiger partial charge < -0.3 is 15.4 Å². The molecule has 29 heavy (non-hydrogen) atoms. The molecule has 1 fully saturated rings. The van der Waals surface area contributed by atoms with Gasteiger partial charge in [0.25, 0.3) is 5.91 Å². The summed E-state index contributed by atoms with van der Waals surface area (Å²) in [5.74, 6) is 0.122. The maximum absolute atomic E-state index is 12.6. The van der Waals surface area contributed by atoms with E-state index in [4.69, 9.17) is 4.74 Å². The second-order valence-electron chi connectivity index (χ2n) is 6.70. The number of nitrogens with zero attached hydrogens (tertiary/aromatic N) is 2. The van der Waals surface area contributed by atoms with E-state index in [1.165, 1.54) is 0 Å². The first-order chi connectivity index (χ1) is 14.1. The van der Waals surface area contributed by atoms with E-state index in [0.717, 1.165) is 16.2 Å². The first-order valence-electron chi connectivity index (χ1n) is 9.49. The largest absolute Gasteiger partial charge is 0.496 e. The van der Waals surface area contributed by atoms with Crippen molar-refractivity contribution in [3.8, 4) is 5.75 Å². The quantitative estimate of drug-likeness (QED) is 0.628. The third-order valence-corrected chi connectivity index (χ3v) is 4.72. The molecular weight excluding hydrogens is 372 g/mol. The lowest BCUT2D eigenvalue weighted by atomic mass is 10.1. The normalized spacial score (nSPS) is 15.9. The van der Waals surface area contributed by atoms with E-state index in [-0.39, 0.29) is 31.2 Å². The number of methoxy groups -OCH3 is 1. The molecule has 8 nitrogen and oxygen atoms in total. The van der Waals surface area contributed by atoms with Crippen molar-refractivity contribution in [3.05, 3.63) is 59.9 Å². The molecule has 1 aliphatic heterocycles. The van der Waals surface area contributed by atoms with E-state index in [1.54, 1.807) is 19.4 Å². The van der Waals surface area contributed by atoms with E-state index in [9.17, 15) is 14.4 Å². The number of carbonyl (C=O) groups is 3. The molecule has 152 valence electrons. The van der Waals surface area contributed by atoms with Crippen molar-refractivity contribution in [2.75, 3.05) is 13.7 Å². The summed E-state index contributed by atoms with van der Waals surface area (Å²) in [6.07, 6.45) is 2.75. The number of ether oxygens (including phenoxy) is 1. The fraction of sp³-hybridized carbons (Fsp3) is 0.333. The van der Waals surface area contributed by atoms with Crippen LogP contribution in [0.25, 0.3) is 0 Å². The first-order valence-corrected chi connectivity index (χ1v) is 9.49. The van der Waals surface area contributed by atoms with Gasteiger partial charge in [-0.3, -0.25) is 19.5 Å². The Morgan fingerprint density at radius 2 is 2.00 bits per heavy atom. The average molecular weight is 396 g/mol. The number of carbonyl (C=O) groups excluding carboxylic acids is 3. The van der Waals surface area contributed by atoms with Gasteiger partial charge in [0.2, 0.25) is 5.91 Å². The van der Waals surface area contributed by atoms with Crippen molar-refractivity contribution in [3.63, 3.8) is 0 Å². The number of hydrogen-bond acceptors (Lipinski definition) is 5. The molecule has 8 heteroatoms. The van der Waals surface area contributed by atoms with Crippen LogP contribution in [0.3, 0.4) is 0 Å². The Kier molecular flexibility index (Phi) is 6.78. The van der Waals surface area contributed by atoms with Gasteiger partial charge >= 0.3 is 6.03 Å². The van der Waals surface area contributed by atoms with Crippen molar-refractivity contribution in [1.82, 2.24) is 20.5 Å². The third-order valence-electron chi connectivity index (χ3n) is 4.72. The minimum Gasteiger partial charge on any atom is -0.496 e. The minimum atomic E-state index is -0.696. The van der Waals surface area contributed by atoms with Crippen LogP contribution in [0.1, 0.15) is 24.1 Å². The van der Waals surface area contributed by atoms with Crippen LogP contribution < -0.4 is 15.4 Å². The van der Waals surface area contributed by atoms with Crippen molar-refractivity contribution in [1.29, 1.82) is 0 Å². The Labute approximate surface area is 169 Å². The smallest absolute Gasteiger partial charge is 0.325 e. The molecule has 1 saturated heterocycles. The minimum absolute atomic E-state index is 0.126. The maximum atomic E-state index is 12.6. The van der Waals surface area contributed by atoms with Gasteiger partial charge in [-0.2, -0.15) is 0 Å². The number of imide groups is 1. The standard InChI is InChI=1S/C21H24N4O4/c1-29-18-8-3-2-6-15(18)14-25-20(27)17(24-21(25)28)9-10-19(26)23-13-11-16-7-4-5-12-22-16/h2-8,12,17H,9-11,13-14H2,1H3,(H,23,26)(H,24,28)/t17-/m1/s1. The molecule has 4 amide bonds. The Balaban J connectivity index is 1.46. The molecule has 2 heterocycles. The van der Waals surface area contributed by atoms with Gasteiger partial charge in [0.1, 0.15) is 11.8 Å². The number of nitrogens with one attached hydrogen (secondary N) is 2. The molecular formula is C21H24N4O4. The number of benzene rings is 1. The lowest BCUT2D eigenvalue weighted by molar-refractivity contribution is -0.128. The molecule has 1 aromatic heterocycles. The Morgan fingerprint density at radius 1 is 1.21 bits per heavy atom. The number of hydrogen-bond donors (Lipinski definition) is 2. The first kappa shape index (κ1) is 20.3. The highest BCUT2D eigenvalue weighted by Crippen LogP contribution is 2.22. The third kappa shape index (κ3) is 5.31. The molecule has 0 saturated carbocycles. The zero-order valence-corrected chi connectivity index (χ0v) is 16.3. The van der Waals surface area contributed by atoms with Crippen molar-refractivity contribution in [2.45, 2.75) is 31.8 Å². The highest BCUT2D eigenvalue weighted by molar-refractivity contribution is 6.04. The van der Waals surface area contributed by atoms with Crippen molar-refractivity contribution in [2.24, 2.45) is 0 Å². The molecule has 0 spiro atoms. The number of rotatable bonds is 9. The average Bonchev–Trinajstić information content (AvgIpc) is 3.01. The van der Waals surface area contributed by atoms with Crippen LogP contribution in [0.2, 0.25) is 0 Å². The predicted molar refractivity (Wildman–Crippen MR) is 106 cm³/mol. The molecule has 0 bridgehead atoms. The summed E-state index contributed by atoms with van der Waals surface area (Å²) in [5.41, 5.74) is 1.64. The summed E-state index contributed by atoms with van der Waals surface area (Å²) in [5, 5.41) is 5.47. The Hall–Kier alpha value is -3.42. The zero-order valence-electron chi connectivity index (χ0n) is 16.3. The molecule has 0 unspecified atom stereocenters. The Morgan fingerprint density at radius 3 is 2.76 bits per heavy atom. The van der Waals surface area contributed by atoms with Gasteiger partial charge in [0.15, 0.2) is 0 Å². The van der Waals surface area contributed by atoms with Crippen molar-refractivity contribution >= 4 is 17.8 Å². The van der Waals surface area contributed by atoms with Crippen LogP contribution in [0.4, 0.5) is 4.79 Å². The summed E-state index contributed by atoms with van der Waals surface area (Å²) >= 11 is 0. The van der Waals surface area contributed by atoms with Gasteiger partial charge in [-0.1, -0.05) is 24.3 Å². The number of aromatic nitrogens is 1. The molecule has 1 aromatic carbocycles. The lowest BCUT2D eigenvalue weighted by Crippen LogP contribution is -2.33. The molecule has 0 radical (unpaired) electrons. The SMILES string of the molecule is COc1ccccc1CN1C(=O)N[C@H](CCC(=O)NCCc2ccccn2)C1=O. The van der Waals surface area contributed by atoms with Crippen LogP contribution in [0, 0.1) is 0 Å². The van der Waals surface area contributed by atoms with Gasteiger partial charge in [-0.05, 0) is 24.6 Å². The molecule has 2 N–H and O–H groups in total. The Bertz CT molecular complexity index is 872. The monoisotopic (exact) mass is 396 g/mol. The summed E-state index contributed by atoms with van der Waals surface area (Å²) in [7, 11) is 1.54. The predicted octanol–water partition coefficient (Wildman–Crippen LogP) is 1.65. The number of pyridine rings is 1. The van der Waals surface area contributed by atoms with Gasteiger partial charge in [-0.15, -0.1) is 0 Å². The van der Waals surface area contributed by atoms with E-state index in [2.05, 4.69) is 15.6 Å². The van der Waals surface area contributed by atoms with E-state index in [1.807, 2.05) is 36.4 Å². The fourth-order valence-electron chi connectivity index (χ4n) is 3.17. The lowest BCUT2D eigenvalue weighted by Gasteiger charge is -2.15. The van der Waals surface area contributed by atoms with E-state index in [0.29, 0.717) is 18.7 Å². The number of para-hydroxylation sites is 1. The van der Waals surface area contributed by atoms with Gasteiger partial charge in [0.05, 0.1) is 13.7 Å². The summed E-state index contributed by atoms with van der Waals surface area (Å²) in [4.78, 5) is 42.2. The van der Waals surface area contributed by atoms with Crippen LogP contribution in [-0.4, -0.2) is 47.4 Å². The zero-order chi connectivity index (χ0) is 20.6. The van der Waals surface area contributed by atoms with Crippen LogP contribution in [0.15, 0.2) is 48.7 Å². The highest BCUT2D eigenvalue weighted by Gasteiger charge is 2.38.